The smallest absolute Gasteiger partial charge is 0.387 e. The van der Waals surface area contributed by atoms with E-state index in [-0.39, 0.29) is 34.7 Å². The first-order valence-corrected chi connectivity index (χ1v) is 7.11. The van der Waals surface area contributed by atoms with Crippen LogP contribution in [0.1, 0.15) is 17.3 Å². The average Bonchev–Trinajstić information content (AvgIpc) is 2.45. The van der Waals surface area contributed by atoms with Crippen molar-refractivity contribution in [2.45, 2.75) is 13.5 Å². The molecule has 1 saturated heterocycles. The minimum atomic E-state index is -3.08. The topological polar surface area (TPSA) is 76.7 Å². The first kappa shape index (κ1) is 17.1. The van der Waals surface area contributed by atoms with Crippen LogP contribution >= 0.6 is 0 Å². The molecule has 1 aliphatic rings. The lowest BCUT2D eigenvalue weighted by Crippen LogP contribution is -2.48. The van der Waals surface area contributed by atoms with Crippen LogP contribution in [0.25, 0.3) is 0 Å². The normalized spacial score (nSPS) is 15.7. The second-order valence-electron chi connectivity index (χ2n) is 5.28. The number of carbonyl (C=O) groups excluding carboxylic acids is 2. The number of alkyl halides is 2. The first-order chi connectivity index (χ1) is 10.9. The van der Waals surface area contributed by atoms with Crippen molar-refractivity contribution in [3.8, 4) is 5.75 Å². The van der Waals surface area contributed by atoms with Crippen molar-refractivity contribution < 1.29 is 27.8 Å². The van der Waals surface area contributed by atoms with E-state index in [0.717, 1.165) is 19.2 Å². The highest BCUT2D eigenvalue weighted by Gasteiger charge is 2.29. The molecule has 1 aliphatic heterocycles. The van der Waals surface area contributed by atoms with Gasteiger partial charge in [-0.25, -0.2) is 4.79 Å². The summed E-state index contributed by atoms with van der Waals surface area (Å²) in [5, 5.41) is 5.64. The maximum atomic E-state index is 12.5. The third-order valence-electron chi connectivity index (χ3n) is 3.81. The molecule has 0 spiro atoms. The van der Waals surface area contributed by atoms with Gasteiger partial charge in [0.2, 0.25) is 5.91 Å². The van der Waals surface area contributed by atoms with E-state index in [2.05, 4.69) is 20.1 Å². The van der Waals surface area contributed by atoms with Gasteiger partial charge in [0, 0.05) is 5.92 Å². The lowest BCUT2D eigenvalue weighted by atomic mass is 9.88. The zero-order chi connectivity index (χ0) is 17.0. The van der Waals surface area contributed by atoms with Gasteiger partial charge in [-0.05, 0) is 37.2 Å². The van der Waals surface area contributed by atoms with E-state index < -0.39 is 12.6 Å². The number of halogens is 2. The van der Waals surface area contributed by atoms with E-state index in [1.807, 2.05) is 0 Å². The number of hydrogen-bond donors (Lipinski definition) is 2. The van der Waals surface area contributed by atoms with Gasteiger partial charge in [-0.1, -0.05) is 6.92 Å². The SMILES string of the molecule is COC(=O)c1ccc(NC(=O)C(C)C2CNC2)c(OC(F)F)c1. The number of benzene rings is 1. The molecule has 23 heavy (non-hydrogen) atoms. The Morgan fingerprint density at radius 2 is 2.04 bits per heavy atom. The summed E-state index contributed by atoms with van der Waals surface area (Å²) in [6, 6.07) is 3.83. The third kappa shape index (κ3) is 4.16. The molecular formula is C15H18F2N2O4. The molecule has 8 heteroatoms. The Balaban J connectivity index is 2.18. The van der Waals surface area contributed by atoms with Gasteiger partial charge >= 0.3 is 12.6 Å². The summed E-state index contributed by atoms with van der Waals surface area (Å²) in [6.45, 7) is 0.191. The number of anilines is 1. The molecule has 0 bridgehead atoms. The van der Waals surface area contributed by atoms with Crippen LogP contribution < -0.4 is 15.4 Å². The fraction of sp³-hybridized carbons (Fsp3) is 0.467. The quantitative estimate of drug-likeness (QED) is 0.780. The minimum absolute atomic E-state index is 0.0531. The second-order valence-corrected chi connectivity index (χ2v) is 5.28. The van der Waals surface area contributed by atoms with Crippen LogP contribution in [0.15, 0.2) is 18.2 Å². The Hall–Kier alpha value is -2.22. The van der Waals surface area contributed by atoms with Crippen molar-refractivity contribution in [3.05, 3.63) is 23.8 Å². The molecule has 126 valence electrons. The Bertz CT molecular complexity index is 591. The molecule has 1 aromatic rings. The van der Waals surface area contributed by atoms with E-state index in [1.54, 1.807) is 6.92 Å². The van der Waals surface area contributed by atoms with Crippen molar-refractivity contribution in [1.82, 2.24) is 5.32 Å². The highest BCUT2D eigenvalue weighted by molar-refractivity contribution is 5.96. The number of rotatable bonds is 6. The largest absolute Gasteiger partial charge is 0.465 e. The molecule has 1 atom stereocenters. The number of hydrogen-bond acceptors (Lipinski definition) is 5. The van der Waals surface area contributed by atoms with Crippen LogP contribution in [0.3, 0.4) is 0 Å². The molecule has 6 nitrogen and oxygen atoms in total. The zero-order valence-electron chi connectivity index (χ0n) is 12.8. The molecule has 1 fully saturated rings. The fourth-order valence-electron chi connectivity index (χ4n) is 2.19. The molecule has 1 heterocycles. The zero-order valence-corrected chi connectivity index (χ0v) is 12.8. The predicted molar refractivity (Wildman–Crippen MR) is 78.6 cm³/mol. The van der Waals surface area contributed by atoms with Crippen LogP contribution in [0.2, 0.25) is 0 Å². The summed E-state index contributed by atoms with van der Waals surface area (Å²) in [6.07, 6.45) is 0. The van der Waals surface area contributed by atoms with Gasteiger partial charge < -0.3 is 20.1 Å². The maximum absolute atomic E-state index is 12.5. The summed E-state index contributed by atoms with van der Waals surface area (Å²) in [5.74, 6) is -1.31. The van der Waals surface area contributed by atoms with Crippen LogP contribution in [0, 0.1) is 11.8 Å². The molecular weight excluding hydrogens is 310 g/mol. The molecule has 2 rings (SSSR count). The Morgan fingerprint density at radius 1 is 1.35 bits per heavy atom. The monoisotopic (exact) mass is 328 g/mol. The molecule has 0 aliphatic carbocycles. The number of carbonyl (C=O) groups is 2. The molecule has 1 aromatic carbocycles. The molecule has 1 unspecified atom stereocenters. The lowest BCUT2D eigenvalue weighted by molar-refractivity contribution is -0.121. The third-order valence-corrected chi connectivity index (χ3v) is 3.81. The highest BCUT2D eigenvalue weighted by Crippen LogP contribution is 2.29. The van der Waals surface area contributed by atoms with Crippen LogP contribution in [0.5, 0.6) is 5.75 Å². The van der Waals surface area contributed by atoms with Gasteiger partial charge in [0.05, 0.1) is 18.4 Å². The maximum Gasteiger partial charge on any atom is 0.387 e. The predicted octanol–water partition coefficient (Wildman–Crippen LogP) is 1.87. The van der Waals surface area contributed by atoms with Crippen molar-refractivity contribution >= 4 is 17.6 Å². The van der Waals surface area contributed by atoms with Crippen LogP contribution in [-0.2, 0) is 9.53 Å². The van der Waals surface area contributed by atoms with Gasteiger partial charge in [-0.2, -0.15) is 8.78 Å². The van der Waals surface area contributed by atoms with E-state index in [4.69, 9.17) is 0 Å². The second kappa shape index (κ2) is 7.36. The molecule has 1 amide bonds. The first-order valence-electron chi connectivity index (χ1n) is 7.11. The summed E-state index contributed by atoms with van der Waals surface area (Å²) < 4.78 is 34.0. The van der Waals surface area contributed by atoms with E-state index in [9.17, 15) is 18.4 Å². The van der Waals surface area contributed by atoms with E-state index in [0.29, 0.717) is 0 Å². The van der Waals surface area contributed by atoms with Crippen molar-refractivity contribution in [2.24, 2.45) is 11.8 Å². The van der Waals surface area contributed by atoms with Crippen molar-refractivity contribution in [2.75, 3.05) is 25.5 Å². The van der Waals surface area contributed by atoms with Gasteiger partial charge in [0.15, 0.2) is 0 Å². The minimum Gasteiger partial charge on any atom is -0.465 e. The fourth-order valence-corrected chi connectivity index (χ4v) is 2.19. The average molecular weight is 328 g/mol. The summed E-state index contributed by atoms with van der Waals surface area (Å²) in [4.78, 5) is 23.7. The van der Waals surface area contributed by atoms with E-state index in [1.165, 1.54) is 19.2 Å². The van der Waals surface area contributed by atoms with E-state index >= 15 is 0 Å². The Labute approximate surface area is 132 Å². The van der Waals surface area contributed by atoms with Gasteiger partial charge in [-0.3, -0.25) is 4.79 Å². The molecule has 2 N–H and O–H groups in total. The van der Waals surface area contributed by atoms with Crippen molar-refractivity contribution in [1.29, 1.82) is 0 Å². The lowest BCUT2D eigenvalue weighted by Gasteiger charge is -2.31. The summed E-state index contributed by atoms with van der Waals surface area (Å²) in [7, 11) is 1.18. The molecule has 0 radical (unpaired) electrons. The van der Waals surface area contributed by atoms with Gasteiger partial charge in [0.1, 0.15) is 5.75 Å². The van der Waals surface area contributed by atoms with Crippen LogP contribution in [-0.4, -0.2) is 38.7 Å². The molecule has 0 saturated carbocycles. The van der Waals surface area contributed by atoms with Crippen molar-refractivity contribution in [3.63, 3.8) is 0 Å². The number of nitrogens with one attached hydrogen (secondary N) is 2. The van der Waals surface area contributed by atoms with Crippen LogP contribution in [0.4, 0.5) is 14.5 Å². The van der Waals surface area contributed by atoms with Gasteiger partial charge in [0.25, 0.3) is 0 Å². The standard InChI is InChI=1S/C15H18F2N2O4/c1-8(10-6-18-7-10)13(20)19-11-4-3-9(14(21)22-2)5-12(11)23-15(16)17/h3-5,8,10,15,18H,6-7H2,1-2H3,(H,19,20). The highest BCUT2D eigenvalue weighted by atomic mass is 19.3. The number of methoxy groups -OCH3 is 1. The Kier molecular flexibility index (Phi) is 5.49. The summed E-state index contributed by atoms with van der Waals surface area (Å²) >= 11 is 0. The number of ether oxygens (including phenoxy) is 2. The number of amides is 1. The van der Waals surface area contributed by atoms with Gasteiger partial charge in [-0.15, -0.1) is 0 Å². The number of esters is 1. The molecule has 0 aromatic heterocycles. The Morgan fingerprint density at radius 3 is 2.57 bits per heavy atom. The summed E-state index contributed by atoms with van der Waals surface area (Å²) in [5.41, 5.74) is 0.138.